The Morgan fingerprint density at radius 2 is 2.00 bits per heavy atom. The van der Waals surface area contributed by atoms with Crippen molar-refractivity contribution in [2.75, 3.05) is 27.7 Å². The third-order valence-electron chi connectivity index (χ3n) is 2.72. The van der Waals surface area contributed by atoms with Gasteiger partial charge in [0.15, 0.2) is 11.6 Å². The molecule has 0 heterocycles. The molecule has 0 aliphatic rings. The molecular formula is C14H23FN2O. The van der Waals surface area contributed by atoms with Gasteiger partial charge in [-0.1, -0.05) is 6.07 Å². The van der Waals surface area contributed by atoms with Crippen molar-refractivity contribution in [2.45, 2.75) is 26.0 Å². The summed E-state index contributed by atoms with van der Waals surface area (Å²) < 4.78 is 19.3. The van der Waals surface area contributed by atoms with E-state index in [-0.39, 0.29) is 18.0 Å². The molecule has 0 aliphatic carbocycles. The van der Waals surface area contributed by atoms with Crippen LogP contribution in [0.15, 0.2) is 18.2 Å². The molecule has 0 saturated heterocycles. The summed E-state index contributed by atoms with van der Waals surface area (Å²) in [5.41, 5.74) is 0.947. The fraction of sp³-hybridized carbons (Fsp3) is 0.571. The molecule has 0 amide bonds. The zero-order chi connectivity index (χ0) is 13.7. The van der Waals surface area contributed by atoms with Gasteiger partial charge in [0.05, 0.1) is 6.10 Å². The fourth-order valence-corrected chi connectivity index (χ4v) is 1.87. The standard InChI is InChI=1S/C14H23FN2O/c1-10(2)18-14-7-6-11(8-12(14)15)13(9-16-3)17(4)5/h6-8,10,13,16H,9H2,1-5H3. The predicted octanol–water partition coefficient (Wildman–Crippen LogP) is 2.44. The van der Waals surface area contributed by atoms with Crippen molar-refractivity contribution in [3.63, 3.8) is 0 Å². The molecule has 1 aromatic carbocycles. The van der Waals surface area contributed by atoms with E-state index in [1.807, 2.05) is 41.1 Å². The van der Waals surface area contributed by atoms with Gasteiger partial charge in [-0.05, 0) is 52.7 Å². The molecule has 3 nitrogen and oxygen atoms in total. The molecule has 0 fully saturated rings. The Labute approximate surface area is 109 Å². The lowest BCUT2D eigenvalue weighted by Gasteiger charge is -2.25. The maximum absolute atomic E-state index is 13.9. The molecule has 1 aromatic rings. The van der Waals surface area contributed by atoms with Crippen LogP contribution in [0.3, 0.4) is 0 Å². The molecule has 1 N–H and O–H groups in total. The molecule has 0 bridgehead atoms. The van der Waals surface area contributed by atoms with Crippen LogP contribution in [-0.4, -0.2) is 38.7 Å². The Bertz CT molecular complexity index is 380. The topological polar surface area (TPSA) is 24.5 Å². The minimum Gasteiger partial charge on any atom is -0.488 e. The fourth-order valence-electron chi connectivity index (χ4n) is 1.87. The number of likely N-dealkylation sites (N-methyl/N-ethyl adjacent to an activating group) is 2. The first kappa shape index (κ1) is 14.9. The van der Waals surface area contributed by atoms with Gasteiger partial charge in [-0.3, -0.25) is 0 Å². The first-order valence-electron chi connectivity index (χ1n) is 6.22. The number of hydrogen-bond donors (Lipinski definition) is 1. The van der Waals surface area contributed by atoms with Gasteiger partial charge < -0.3 is 15.0 Å². The number of ether oxygens (including phenoxy) is 1. The van der Waals surface area contributed by atoms with E-state index >= 15 is 0 Å². The van der Waals surface area contributed by atoms with Crippen molar-refractivity contribution >= 4 is 0 Å². The van der Waals surface area contributed by atoms with Gasteiger partial charge in [0, 0.05) is 12.6 Å². The Hall–Kier alpha value is -1.13. The first-order valence-corrected chi connectivity index (χ1v) is 6.22. The number of nitrogens with zero attached hydrogens (tertiary/aromatic N) is 1. The summed E-state index contributed by atoms with van der Waals surface area (Å²) in [5.74, 6) is 0.0138. The van der Waals surface area contributed by atoms with Crippen LogP contribution >= 0.6 is 0 Å². The van der Waals surface area contributed by atoms with Crippen LogP contribution in [0, 0.1) is 5.82 Å². The van der Waals surface area contributed by atoms with Crippen LogP contribution in [-0.2, 0) is 0 Å². The molecule has 0 aromatic heterocycles. The van der Waals surface area contributed by atoms with Crippen molar-refractivity contribution in [1.29, 1.82) is 0 Å². The van der Waals surface area contributed by atoms with E-state index in [1.54, 1.807) is 12.1 Å². The molecule has 0 aliphatic heterocycles. The minimum absolute atomic E-state index is 0.0210. The van der Waals surface area contributed by atoms with E-state index in [1.165, 1.54) is 0 Å². The number of benzene rings is 1. The predicted molar refractivity (Wildman–Crippen MR) is 72.5 cm³/mol. The van der Waals surface area contributed by atoms with E-state index in [2.05, 4.69) is 10.2 Å². The second kappa shape index (κ2) is 6.71. The van der Waals surface area contributed by atoms with Crippen molar-refractivity contribution in [2.24, 2.45) is 0 Å². The molecule has 4 heteroatoms. The van der Waals surface area contributed by atoms with Gasteiger partial charge in [0.2, 0.25) is 0 Å². The highest BCUT2D eigenvalue weighted by Gasteiger charge is 2.15. The third kappa shape index (κ3) is 3.96. The average Bonchev–Trinajstić information content (AvgIpc) is 2.28. The highest BCUT2D eigenvalue weighted by molar-refractivity contribution is 5.31. The van der Waals surface area contributed by atoms with Crippen LogP contribution in [0.2, 0.25) is 0 Å². The molecule has 1 atom stereocenters. The summed E-state index contributed by atoms with van der Waals surface area (Å²) in [6, 6.07) is 5.33. The van der Waals surface area contributed by atoms with Crippen LogP contribution in [0.25, 0.3) is 0 Å². The molecule has 0 saturated carbocycles. The van der Waals surface area contributed by atoms with Crippen LogP contribution in [0.1, 0.15) is 25.5 Å². The highest BCUT2D eigenvalue weighted by atomic mass is 19.1. The monoisotopic (exact) mass is 254 g/mol. The number of rotatable bonds is 6. The first-order chi connectivity index (χ1) is 8.45. The lowest BCUT2D eigenvalue weighted by atomic mass is 10.1. The summed E-state index contributed by atoms with van der Waals surface area (Å²) in [6.45, 7) is 4.55. The average molecular weight is 254 g/mol. The van der Waals surface area contributed by atoms with E-state index in [4.69, 9.17) is 4.74 Å². The normalized spacial score (nSPS) is 13.1. The van der Waals surface area contributed by atoms with E-state index in [9.17, 15) is 4.39 Å². The van der Waals surface area contributed by atoms with Crippen LogP contribution in [0.5, 0.6) is 5.75 Å². The van der Waals surface area contributed by atoms with Gasteiger partial charge in [0.25, 0.3) is 0 Å². The minimum atomic E-state index is -0.302. The Kier molecular flexibility index (Phi) is 5.56. The quantitative estimate of drug-likeness (QED) is 0.844. The van der Waals surface area contributed by atoms with Crippen molar-refractivity contribution in [1.82, 2.24) is 10.2 Å². The molecule has 18 heavy (non-hydrogen) atoms. The van der Waals surface area contributed by atoms with Crippen molar-refractivity contribution in [3.8, 4) is 5.75 Å². The molecule has 1 rings (SSSR count). The summed E-state index contributed by atoms with van der Waals surface area (Å²) in [5, 5.41) is 3.12. The maximum atomic E-state index is 13.9. The summed E-state index contributed by atoms with van der Waals surface area (Å²) in [7, 11) is 5.86. The smallest absolute Gasteiger partial charge is 0.165 e. The SMILES string of the molecule is CNCC(c1ccc(OC(C)C)c(F)c1)N(C)C. The van der Waals surface area contributed by atoms with Crippen molar-refractivity contribution < 1.29 is 9.13 Å². The zero-order valence-corrected chi connectivity index (χ0v) is 11.8. The second-order valence-electron chi connectivity index (χ2n) is 4.89. The molecule has 0 radical (unpaired) electrons. The summed E-state index contributed by atoms with van der Waals surface area (Å²) >= 11 is 0. The number of nitrogens with one attached hydrogen (secondary N) is 1. The van der Waals surface area contributed by atoms with Crippen LogP contribution < -0.4 is 10.1 Å². The Morgan fingerprint density at radius 1 is 1.33 bits per heavy atom. The number of hydrogen-bond acceptors (Lipinski definition) is 3. The van der Waals surface area contributed by atoms with Crippen molar-refractivity contribution in [3.05, 3.63) is 29.6 Å². The Morgan fingerprint density at radius 3 is 2.44 bits per heavy atom. The van der Waals surface area contributed by atoms with Gasteiger partial charge in [-0.25, -0.2) is 4.39 Å². The molecule has 1 unspecified atom stereocenters. The molecule has 0 spiro atoms. The van der Waals surface area contributed by atoms with Gasteiger partial charge >= 0.3 is 0 Å². The van der Waals surface area contributed by atoms with E-state index in [0.717, 1.165) is 12.1 Å². The lowest BCUT2D eigenvalue weighted by molar-refractivity contribution is 0.230. The second-order valence-corrected chi connectivity index (χ2v) is 4.89. The zero-order valence-electron chi connectivity index (χ0n) is 11.8. The van der Waals surface area contributed by atoms with Crippen LogP contribution in [0.4, 0.5) is 4.39 Å². The largest absolute Gasteiger partial charge is 0.488 e. The van der Waals surface area contributed by atoms with E-state index in [0.29, 0.717) is 5.75 Å². The third-order valence-corrected chi connectivity index (χ3v) is 2.72. The molecule has 102 valence electrons. The Balaban J connectivity index is 2.94. The van der Waals surface area contributed by atoms with Gasteiger partial charge in [-0.15, -0.1) is 0 Å². The lowest BCUT2D eigenvalue weighted by Crippen LogP contribution is -2.29. The highest BCUT2D eigenvalue weighted by Crippen LogP contribution is 2.24. The summed E-state index contributed by atoms with van der Waals surface area (Å²) in [4.78, 5) is 2.06. The van der Waals surface area contributed by atoms with E-state index < -0.39 is 0 Å². The number of halogens is 1. The van der Waals surface area contributed by atoms with Gasteiger partial charge in [-0.2, -0.15) is 0 Å². The maximum Gasteiger partial charge on any atom is 0.165 e. The molecular weight excluding hydrogens is 231 g/mol. The summed E-state index contributed by atoms with van der Waals surface area (Å²) in [6.07, 6.45) is -0.0210. The van der Waals surface area contributed by atoms with Gasteiger partial charge in [0.1, 0.15) is 0 Å².